The molecule has 0 aliphatic rings. The van der Waals surface area contributed by atoms with Crippen molar-refractivity contribution in [1.29, 1.82) is 0 Å². The van der Waals surface area contributed by atoms with Crippen LogP contribution in [0.25, 0.3) is 0 Å². The van der Waals surface area contributed by atoms with E-state index in [9.17, 15) is 4.79 Å². The molecular formula is C12H16BrNO2. The Labute approximate surface area is 104 Å². The largest absolute Gasteiger partial charge is 0.481 e. The molecule has 1 unspecified atom stereocenters. The number of hydrogen-bond acceptors (Lipinski definition) is 2. The Balaban J connectivity index is 2.68. The highest BCUT2D eigenvalue weighted by Gasteiger charge is 2.18. The molecule has 1 aromatic carbocycles. The van der Waals surface area contributed by atoms with Crippen LogP contribution in [0.2, 0.25) is 0 Å². The number of rotatable bonds is 6. The molecule has 0 saturated heterocycles. The van der Waals surface area contributed by atoms with Gasteiger partial charge in [-0.15, -0.1) is 0 Å². The molecule has 1 atom stereocenters. The van der Waals surface area contributed by atoms with Crippen molar-refractivity contribution in [2.24, 2.45) is 11.7 Å². The van der Waals surface area contributed by atoms with Crippen molar-refractivity contribution in [3.8, 4) is 0 Å². The fourth-order valence-corrected chi connectivity index (χ4v) is 2.05. The summed E-state index contributed by atoms with van der Waals surface area (Å²) in [6, 6.07) is 7.71. The first-order valence-electron chi connectivity index (χ1n) is 5.31. The number of carboxylic acid groups (broad SMARTS) is 1. The highest BCUT2D eigenvalue weighted by Crippen LogP contribution is 2.21. The molecule has 16 heavy (non-hydrogen) atoms. The van der Waals surface area contributed by atoms with Crippen molar-refractivity contribution in [3.05, 3.63) is 34.3 Å². The van der Waals surface area contributed by atoms with Crippen LogP contribution in [-0.2, 0) is 11.2 Å². The molecule has 88 valence electrons. The Bertz CT molecular complexity index is 355. The summed E-state index contributed by atoms with van der Waals surface area (Å²) >= 11 is 3.42. The zero-order chi connectivity index (χ0) is 12.0. The molecule has 0 fully saturated rings. The van der Waals surface area contributed by atoms with Crippen LogP contribution in [0.3, 0.4) is 0 Å². The van der Waals surface area contributed by atoms with Crippen LogP contribution in [0.5, 0.6) is 0 Å². The predicted octanol–water partition coefficient (Wildman–Crippen LogP) is 2.43. The van der Waals surface area contributed by atoms with Crippen molar-refractivity contribution in [2.75, 3.05) is 6.54 Å². The molecule has 0 saturated carbocycles. The van der Waals surface area contributed by atoms with Crippen molar-refractivity contribution in [1.82, 2.24) is 0 Å². The zero-order valence-electron chi connectivity index (χ0n) is 9.03. The van der Waals surface area contributed by atoms with Crippen LogP contribution in [0.4, 0.5) is 0 Å². The van der Waals surface area contributed by atoms with Gasteiger partial charge in [-0.2, -0.15) is 0 Å². The molecule has 1 aromatic rings. The van der Waals surface area contributed by atoms with E-state index in [-0.39, 0.29) is 5.92 Å². The maximum Gasteiger partial charge on any atom is 0.306 e. The molecule has 1 rings (SSSR count). The van der Waals surface area contributed by atoms with Gasteiger partial charge in [0.15, 0.2) is 0 Å². The van der Waals surface area contributed by atoms with Gasteiger partial charge in [-0.3, -0.25) is 4.79 Å². The molecule has 0 radical (unpaired) electrons. The average Bonchev–Trinajstić information content (AvgIpc) is 2.26. The van der Waals surface area contributed by atoms with Gasteiger partial charge in [-0.05, 0) is 37.4 Å². The van der Waals surface area contributed by atoms with E-state index in [0.29, 0.717) is 19.4 Å². The molecule has 0 bridgehead atoms. The highest BCUT2D eigenvalue weighted by atomic mass is 79.9. The Morgan fingerprint density at radius 1 is 1.44 bits per heavy atom. The van der Waals surface area contributed by atoms with Gasteiger partial charge >= 0.3 is 5.97 Å². The van der Waals surface area contributed by atoms with E-state index in [4.69, 9.17) is 10.8 Å². The normalized spacial score (nSPS) is 12.4. The van der Waals surface area contributed by atoms with Crippen LogP contribution in [0.15, 0.2) is 28.7 Å². The Hall–Kier alpha value is -0.870. The molecular weight excluding hydrogens is 270 g/mol. The van der Waals surface area contributed by atoms with Crippen molar-refractivity contribution in [3.63, 3.8) is 0 Å². The number of hydrogen-bond donors (Lipinski definition) is 2. The summed E-state index contributed by atoms with van der Waals surface area (Å²) in [5.74, 6) is -1.09. The van der Waals surface area contributed by atoms with Crippen LogP contribution in [0.1, 0.15) is 18.4 Å². The van der Waals surface area contributed by atoms with Gasteiger partial charge in [0.25, 0.3) is 0 Å². The molecule has 3 nitrogen and oxygen atoms in total. The molecule has 4 heteroatoms. The Kier molecular flexibility index (Phi) is 5.49. The lowest BCUT2D eigenvalue weighted by Crippen LogP contribution is -2.18. The summed E-state index contributed by atoms with van der Waals surface area (Å²) in [6.07, 6.45) is 1.94. The standard InChI is InChI=1S/C12H16BrNO2/c13-11-6-2-1-4-9(11)8-10(12(15)16)5-3-7-14/h1-2,4,6,10H,3,5,7-8,14H2,(H,15,16). The monoisotopic (exact) mass is 285 g/mol. The number of carbonyl (C=O) groups is 1. The van der Waals surface area contributed by atoms with Gasteiger partial charge in [0.05, 0.1) is 5.92 Å². The maximum atomic E-state index is 11.1. The number of halogens is 1. The summed E-state index contributed by atoms with van der Waals surface area (Å²) in [6.45, 7) is 0.541. The van der Waals surface area contributed by atoms with E-state index < -0.39 is 5.97 Å². The van der Waals surface area contributed by atoms with E-state index in [1.807, 2.05) is 24.3 Å². The lowest BCUT2D eigenvalue weighted by atomic mass is 9.95. The molecule has 0 amide bonds. The van der Waals surface area contributed by atoms with Gasteiger partial charge in [-0.25, -0.2) is 0 Å². The minimum atomic E-state index is -0.746. The molecule has 3 N–H and O–H groups in total. The number of benzene rings is 1. The minimum absolute atomic E-state index is 0.345. The minimum Gasteiger partial charge on any atom is -0.481 e. The first-order chi connectivity index (χ1) is 7.65. The van der Waals surface area contributed by atoms with Crippen LogP contribution < -0.4 is 5.73 Å². The number of nitrogens with two attached hydrogens (primary N) is 1. The quantitative estimate of drug-likeness (QED) is 0.844. The first-order valence-corrected chi connectivity index (χ1v) is 6.10. The van der Waals surface area contributed by atoms with Gasteiger partial charge in [0.2, 0.25) is 0 Å². The lowest BCUT2D eigenvalue weighted by Gasteiger charge is -2.12. The van der Waals surface area contributed by atoms with Gasteiger partial charge in [0, 0.05) is 4.47 Å². The fourth-order valence-electron chi connectivity index (χ4n) is 1.61. The third-order valence-corrected chi connectivity index (χ3v) is 3.30. The summed E-state index contributed by atoms with van der Waals surface area (Å²) in [5.41, 5.74) is 6.43. The third-order valence-electron chi connectivity index (χ3n) is 2.53. The summed E-state index contributed by atoms with van der Waals surface area (Å²) < 4.78 is 0.967. The lowest BCUT2D eigenvalue weighted by molar-refractivity contribution is -0.141. The summed E-state index contributed by atoms with van der Waals surface area (Å²) in [5, 5.41) is 9.10. The smallest absolute Gasteiger partial charge is 0.306 e. The molecule has 0 aliphatic heterocycles. The van der Waals surface area contributed by atoms with E-state index in [2.05, 4.69) is 15.9 Å². The van der Waals surface area contributed by atoms with E-state index >= 15 is 0 Å². The van der Waals surface area contributed by atoms with Crippen molar-refractivity contribution < 1.29 is 9.90 Å². The second-order valence-electron chi connectivity index (χ2n) is 3.76. The molecule has 0 aliphatic carbocycles. The molecule has 0 aromatic heterocycles. The Morgan fingerprint density at radius 2 is 2.12 bits per heavy atom. The van der Waals surface area contributed by atoms with Crippen LogP contribution in [0, 0.1) is 5.92 Å². The molecule has 0 heterocycles. The van der Waals surface area contributed by atoms with Gasteiger partial charge in [0.1, 0.15) is 0 Å². The Morgan fingerprint density at radius 3 is 2.69 bits per heavy atom. The maximum absolute atomic E-state index is 11.1. The average molecular weight is 286 g/mol. The van der Waals surface area contributed by atoms with Crippen molar-refractivity contribution in [2.45, 2.75) is 19.3 Å². The second kappa shape index (κ2) is 6.66. The van der Waals surface area contributed by atoms with Gasteiger partial charge < -0.3 is 10.8 Å². The third kappa shape index (κ3) is 3.94. The summed E-state index contributed by atoms with van der Waals surface area (Å²) in [4.78, 5) is 11.1. The SMILES string of the molecule is NCCCC(Cc1ccccc1Br)C(=O)O. The van der Waals surface area contributed by atoms with E-state index in [0.717, 1.165) is 16.5 Å². The number of carboxylic acids is 1. The van der Waals surface area contributed by atoms with E-state index in [1.165, 1.54) is 0 Å². The van der Waals surface area contributed by atoms with Crippen molar-refractivity contribution >= 4 is 21.9 Å². The van der Waals surface area contributed by atoms with Crippen LogP contribution >= 0.6 is 15.9 Å². The van der Waals surface area contributed by atoms with Crippen LogP contribution in [-0.4, -0.2) is 17.6 Å². The van der Waals surface area contributed by atoms with Gasteiger partial charge in [-0.1, -0.05) is 34.1 Å². The topological polar surface area (TPSA) is 63.3 Å². The number of aliphatic carboxylic acids is 1. The van der Waals surface area contributed by atoms with E-state index in [1.54, 1.807) is 0 Å². The predicted molar refractivity (Wildman–Crippen MR) is 67.3 cm³/mol. The first kappa shape index (κ1) is 13.2. The second-order valence-corrected chi connectivity index (χ2v) is 4.62. The fraction of sp³-hybridized carbons (Fsp3) is 0.417. The zero-order valence-corrected chi connectivity index (χ0v) is 10.6. The highest BCUT2D eigenvalue weighted by molar-refractivity contribution is 9.10. The molecule has 0 spiro atoms. The summed E-state index contributed by atoms with van der Waals surface area (Å²) in [7, 11) is 0.